The van der Waals surface area contributed by atoms with Crippen molar-refractivity contribution in [2.24, 2.45) is 5.73 Å². The summed E-state index contributed by atoms with van der Waals surface area (Å²) >= 11 is 0. The molecule has 1 aliphatic heterocycles. The van der Waals surface area contributed by atoms with Gasteiger partial charge in [0.05, 0.1) is 6.04 Å². The van der Waals surface area contributed by atoms with Crippen LogP contribution in [-0.4, -0.2) is 28.4 Å². The van der Waals surface area contributed by atoms with E-state index in [4.69, 9.17) is 10.2 Å². The molecule has 2 rings (SSSR count). The molecule has 6 heteroatoms. The predicted octanol–water partition coefficient (Wildman–Crippen LogP) is -0.514. The van der Waals surface area contributed by atoms with Crippen molar-refractivity contribution in [2.45, 2.75) is 25.0 Å². The molecule has 1 aromatic rings. The standard InChI is InChI=1S/C8H14N4O2/c9-4-6(13)8-12-11-7(14-8)5-2-1-3-10-5/h5-6,10,13H,1-4,9H2/t5-,6+/m1/s1. The van der Waals surface area contributed by atoms with E-state index in [2.05, 4.69) is 15.5 Å². The maximum absolute atomic E-state index is 9.34. The summed E-state index contributed by atoms with van der Waals surface area (Å²) in [5.74, 6) is 0.751. The monoisotopic (exact) mass is 198 g/mol. The molecule has 0 amide bonds. The van der Waals surface area contributed by atoms with Crippen molar-refractivity contribution < 1.29 is 9.52 Å². The van der Waals surface area contributed by atoms with Gasteiger partial charge in [0.1, 0.15) is 6.10 Å². The van der Waals surface area contributed by atoms with Crippen molar-refractivity contribution >= 4 is 0 Å². The van der Waals surface area contributed by atoms with Gasteiger partial charge in [-0.25, -0.2) is 0 Å². The molecule has 0 unspecified atom stereocenters. The second-order valence-electron chi connectivity index (χ2n) is 3.38. The molecule has 14 heavy (non-hydrogen) atoms. The van der Waals surface area contributed by atoms with Crippen molar-refractivity contribution in [2.75, 3.05) is 13.1 Å². The third-order valence-electron chi connectivity index (χ3n) is 2.32. The molecule has 1 fully saturated rings. The Morgan fingerprint density at radius 3 is 3.14 bits per heavy atom. The number of rotatable bonds is 3. The lowest BCUT2D eigenvalue weighted by atomic mass is 10.2. The van der Waals surface area contributed by atoms with Crippen LogP contribution in [0.4, 0.5) is 0 Å². The van der Waals surface area contributed by atoms with Crippen molar-refractivity contribution in [3.63, 3.8) is 0 Å². The summed E-state index contributed by atoms with van der Waals surface area (Å²) in [6.45, 7) is 1.07. The highest BCUT2D eigenvalue weighted by Crippen LogP contribution is 2.22. The minimum absolute atomic E-state index is 0.0970. The Labute approximate surface area is 81.5 Å². The molecule has 4 N–H and O–H groups in total. The van der Waals surface area contributed by atoms with E-state index in [1.165, 1.54) is 0 Å². The van der Waals surface area contributed by atoms with E-state index in [-0.39, 0.29) is 18.5 Å². The van der Waals surface area contributed by atoms with Gasteiger partial charge in [0.25, 0.3) is 0 Å². The number of nitrogens with zero attached hydrogens (tertiary/aromatic N) is 2. The van der Waals surface area contributed by atoms with Gasteiger partial charge < -0.3 is 20.6 Å². The highest BCUT2D eigenvalue weighted by atomic mass is 16.4. The minimum Gasteiger partial charge on any atom is -0.421 e. The lowest BCUT2D eigenvalue weighted by Crippen LogP contribution is -2.13. The van der Waals surface area contributed by atoms with Gasteiger partial charge in [0, 0.05) is 6.54 Å². The topological polar surface area (TPSA) is 97.2 Å². The quantitative estimate of drug-likeness (QED) is 0.605. The van der Waals surface area contributed by atoms with E-state index in [0.717, 1.165) is 19.4 Å². The smallest absolute Gasteiger partial charge is 0.246 e. The molecular formula is C8H14N4O2. The van der Waals surface area contributed by atoms with Gasteiger partial charge in [-0.3, -0.25) is 0 Å². The van der Waals surface area contributed by atoms with Gasteiger partial charge in [0.15, 0.2) is 0 Å². The second kappa shape index (κ2) is 4.04. The Balaban J connectivity index is 2.08. The molecule has 0 aliphatic carbocycles. The average molecular weight is 198 g/mol. The Hall–Kier alpha value is -0.980. The number of hydrogen-bond donors (Lipinski definition) is 3. The molecule has 2 heterocycles. The third kappa shape index (κ3) is 1.77. The summed E-state index contributed by atoms with van der Waals surface area (Å²) in [5.41, 5.74) is 5.27. The number of aliphatic hydroxyl groups excluding tert-OH is 1. The number of nitrogens with two attached hydrogens (primary N) is 1. The molecule has 2 atom stereocenters. The molecule has 1 aromatic heterocycles. The molecule has 0 saturated carbocycles. The van der Waals surface area contributed by atoms with Gasteiger partial charge in [-0.1, -0.05) is 0 Å². The van der Waals surface area contributed by atoms with Crippen molar-refractivity contribution in [1.82, 2.24) is 15.5 Å². The summed E-state index contributed by atoms with van der Waals surface area (Å²) in [7, 11) is 0. The molecule has 0 spiro atoms. The zero-order valence-corrected chi connectivity index (χ0v) is 7.81. The predicted molar refractivity (Wildman–Crippen MR) is 48.3 cm³/mol. The van der Waals surface area contributed by atoms with Crippen LogP contribution in [-0.2, 0) is 0 Å². The van der Waals surface area contributed by atoms with E-state index >= 15 is 0 Å². The number of nitrogens with one attached hydrogen (secondary N) is 1. The van der Waals surface area contributed by atoms with Crippen LogP contribution in [0.15, 0.2) is 4.42 Å². The van der Waals surface area contributed by atoms with E-state index in [1.807, 2.05) is 0 Å². The molecule has 0 radical (unpaired) electrons. The fourth-order valence-electron chi connectivity index (χ4n) is 1.52. The lowest BCUT2D eigenvalue weighted by Gasteiger charge is -2.03. The van der Waals surface area contributed by atoms with Gasteiger partial charge in [0.2, 0.25) is 11.8 Å². The number of hydrogen-bond acceptors (Lipinski definition) is 6. The summed E-state index contributed by atoms with van der Waals surface area (Å²) < 4.78 is 5.31. The lowest BCUT2D eigenvalue weighted by molar-refractivity contribution is 0.148. The summed E-state index contributed by atoms with van der Waals surface area (Å²) in [6, 6.07) is 0.140. The van der Waals surface area contributed by atoms with Crippen LogP contribution >= 0.6 is 0 Å². The largest absolute Gasteiger partial charge is 0.421 e. The Morgan fingerprint density at radius 1 is 1.64 bits per heavy atom. The van der Waals surface area contributed by atoms with Gasteiger partial charge in [-0.05, 0) is 19.4 Å². The van der Waals surface area contributed by atoms with Crippen LogP contribution in [0.5, 0.6) is 0 Å². The fraction of sp³-hybridized carbons (Fsp3) is 0.750. The van der Waals surface area contributed by atoms with Crippen molar-refractivity contribution in [1.29, 1.82) is 0 Å². The Kier molecular flexibility index (Phi) is 2.76. The van der Waals surface area contributed by atoms with Crippen LogP contribution in [0.2, 0.25) is 0 Å². The van der Waals surface area contributed by atoms with Gasteiger partial charge in [-0.15, -0.1) is 10.2 Å². The highest BCUT2D eigenvalue weighted by Gasteiger charge is 2.23. The fourth-order valence-corrected chi connectivity index (χ4v) is 1.52. The first kappa shape index (κ1) is 9.57. The zero-order valence-electron chi connectivity index (χ0n) is 7.81. The van der Waals surface area contributed by atoms with E-state index in [9.17, 15) is 5.11 Å². The molecule has 0 bridgehead atoms. The molecule has 6 nitrogen and oxygen atoms in total. The maximum Gasteiger partial charge on any atom is 0.246 e. The Morgan fingerprint density at radius 2 is 2.50 bits per heavy atom. The third-order valence-corrected chi connectivity index (χ3v) is 2.32. The van der Waals surface area contributed by atoms with Crippen molar-refractivity contribution in [3.8, 4) is 0 Å². The zero-order chi connectivity index (χ0) is 9.97. The highest BCUT2D eigenvalue weighted by molar-refractivity contribution is 4.94. The van der Waals surface area contributed by atoms with Crippen LogP contribution < -0.4 is 11.1 Å². The first-order chi connectivity index (χ1) is 6.81. The van der Waals surface area contributed by atoms with Crippen LogP contribution in [0.3, 0.4) is 0 Å². The first-order valence-electron chi connectivity index (χ1n) is 4.76. The van der Waals surface area contributed by atoms with Crippen molar-refractivity contribution in [3.05, 3.63) is 11.8 Å². The van der Waals surface area contributed by atoms with E-state index in [1.54, 1.807) is 0 Å². The van der Waals surface area contributed by atoms with E-state index in [0.29, 0.717) is 5.89 Å². The van der Waals surface area contributed by atoms with E-state index < -0.39 is 6.10 Å². The number of aliphatic hydroxyl groups is 1. The Bertz CT molecular complexity index is 295. The summed E-state index contributed by atoms with van der Waals surface area (Å²) in [4.78, 5) is 0. The average Bonchev–Trinajstić information content (AvgIpc) is 2.86. The second-order valence-corrected chi connectivity index (χ2v) is 3.38. The molecule has 78 valence electrons. The van der Waals surface area contributed by atoms with Crippen LogP contribution in [0.25, 0.3) is 0 Å². The summed E-state index contributed by atoms with van der Waals surface area (Å²) in [6.07, 6.45) is 1.26. The van der Waals surface area contributed by atoms with Gasteiger partial charge >= 0.3 is 0 Å². The molecule has 1 saturated heterocycles. The number of aromatic nitrogens is 2. The first-order valence-corrected chi connectivity index (χ1v) is 4.76. The SMILES string of the molecule is NC[C@H](O)c1nnc([C@H]2CCCN2)o1. The normalized spacial score (nSPS) is 24.0. The molecular weight excluding hydrogens is 184 g/mol. The molecule has 0 aromatic carbocycles. The van der Waals surface area contributed by atoms with Crippen LogP contribution in [0.1, 0.15) is 36.8 Å². The minimum atomic E-state index is -0.849. The van der Waals surface area contributed by atoms with Crippen LogP contribution in [0, 0.1) is 0 Å². The van der Waals surface area contributed by atoms with Gasteiger partial charge in [-0.2, -0.15) is 0 Å². The maximum atomic E-state index is 9.34. The molecule has 1 aliphatic rings. The summed E-state index contributed by atoms with van der Waals surface area (Å²) in [5, 5.41) is 20.2.